The quantitative estimate of drug-likeness (QED) is 0.192. The normalized spacial score (nSPS) is 25.9. The maximum atomic E-state index is 12.0. The van der Waals surface area contributed by atoms with Gasteiger partial charge in [-0.3, -0.25) is 19.3 Å². The van der Waals surface area contributed by atoms with Crippen LogP contribution in [0.2, 0.25) is 0 Å². The lowest BCUT2D eigenvalue weighted by Crippen LogP contribution is -2.44. The van der Waals surface area contributed by atoms with E-state index in [4.69, 9.17) is 0 Å². The molecule has 3 rings (SSSR count). The number of nitrogens with one attached hydrogen (secondary N) is 3. The molecular formula is C20H30N4O6S. The molecular weight excluding hydrogens is 424 g/mol. The van der Waals surface area contributed by atoms with Gasteiger partial charge in [-0.25, -0.2) is 9.59 Å². The molecule has 0 radical (unpaired) electrons. The van der Waals surface area contributed by atoms with Crippen LogP contribution in [0.4, 0.5) is 4.79 Å². The number of imide groups is 1. The highest BCUT2D eigenvalue weighted by atomic mass is 32.2. The number of carboxylic acid groups (broad SMARTS) is 1. The number of nitrogens with zero attached hydrogens (tertiary/aromatic N) is 1. The maximum Gasteiger partial charge on any atom is 0.326 e. The molecule has 5 amide bonds. The topological polar surface area (TPSA) is 145 Å². The van der Waals surface area contributed by atoms with E-state index in [1.807, 2.05) is 11.8 Å². The van der Waals surface area contributed by atoms with E-state index in [0.29, 0.717) is 31.1 Å². The van der Waals surface area contributed by atoms with Crippen LogP contribution in [0.5, 0.6) is 0 Å². The lowest BCUT2D eigenvalue weighted by atomic mass is 10.0. The van der Waals surface area contributed by atoms with E-state index in [1.54, 1.807) is 0 Å². The fraction of sp³-hybridized carbons (Fsp3) is 0.750. The van der Waals surface area contributed by atoms with Crippen molar-refractivity contribution in [1.82, 2.24) is 20.9 Å². The predicted molar refractivity (Wildman–Crippen MR) is 113 cm³/mol. The van der Waals surface area contributed by atoms with Crippen LogP contribution in [0.3, 0.4) is 0 Å². The van der Waals surface area contributed by atoms with Crippen molar-refractivity contribution in [3.63, 3.8) is 0 Å². The van der Waals surface area contributed by atoms with Crippen molar-refractivity contribution in [2.75, 3.05) is 12.3 Å². The van der Waals surface area contributed by atoms with Crippen molar-refractivity contribution < 1.29 is 29.1 Å². The number of rotatable bonds is 12. The molecule has 0 aliphatic carbocycles. The number of likely N-dealkylation sites (tertiary alicyclic amines) is 1. The van der Waals surface area contributed by atoms with Crippen LogP contribution in [-0.2, 0) is 19.2 Å². The maximum absolute atomic E-state index is 12.0. The Labute approximate surface area is 185 Å². The molecule has 3 aliphatic rings. The first-order chi connectivity index (χ1) is 14.9. The number of amides is 5. The molecule has 3 heterocycles. The van der Waals surface area contributed by atoms with Gasteiger partial charge in [-0.05, 0) is 32.1 Å². The molecule has 0 aromatic carbocycles. The second-order valence-electron chi connectivity index (χ2n) is 8.22. The van der Waals surface area contributed by atoms with Crippen LogP contribution < -0.4 is 16.0 Å². The Morgan fingerprint density at radius 3 is 2.55 bits per heavy atom. The summed E-state index contributed by atoms with van der Waals surface area (Å²) in [5.41, 5.74) is 0. The van der Waals surface area contributed by atoms with Gasteiger partial charge in [0.1, 0.15) is 6.04 Å². The molecule has 4 atom stereocenters. The van der Waals surface area contributed by atoms with Crippen LogP contribution in [0.25, 0.3) is 0 Å². The molecule has 3 fully saturated rings. The smallest absolute Gasteiger partial charge is 0.326 e. The minimum atomic E-state index is -1.17. The summed E-state index contributed by atoms with van der Waals surface area (Å²) in [5.74, 6) is -1.13. The van der Waals surface area contributed by atoms with Crippen LogP contribution in [0.1, 0.15) is 57.8 Å². The number of unbranched alkanes of at least 4 members (excludes halogenated alkanes) is 2. The molecule has 0 bridgehead atoms. The van der Waals surface area contributed by atoms with Crippen molar-refractivity contribution in [2.24, 2.45) is 0 Å². The summed E-state index contributed by atoms with van der Waals surface area (Å²) >= 11 is 1.86. The first-order valence-electron chi connectivity index (χ1n) is 10.9. The minimum absolute atomic E-state index is 0.0347. The number of thioether (sulfide) groups is 1. The summed E-state index contributed by atoms with van der Waals surface area (Å²) in [5, 5.41) is 18.4. The molecule has 3 saturated heterocycles. The first-order valence-corrected chi connectivity index (χ1v) is 11.9. The summed E-state index contributed by atoms with van der Waals surface area (Å²) in [4.78, 5) is 59.2. The van der Waals surface area contributed by atoms with E-state index in [9.17, 15) is 29.1 Å². The Bertz CT molecular complexity index is 716. The molecule has 31 heavy (non-hydrogen) atoms. The SMILES string of the molecule is O=C(CCCCC1SC[C@@H]2NC(=O)N[C@H]12)NCCCCC(C(=O)O)N1C(=O)CCC1=O. The van der Waals surface area contributed by atoms with E-state index < -0.39 is 23.8 Å². The second-order valence-corrected chi connectivity index (χ2v) is 9.50. The van der Waals surface area contributed by atoms with Gasteiger partial charge in [-0.2, -0.15) is 11.8 Å². The first kappa shape index (κ1) is 23.4. The molecule has 0 spiro atoms. The molecule has 2 unspecified atom stereocenters. The predicted octanol–water partition coefficient (Wildman–Crippen LogP) is 0.601. The van der Waals surface area contributed by atoms with Crippen LogP contribution >= 0.6 is 11.8 Å². The number of carbonyl (C=O) groups is 5. The standard InChI is InChI=1S/C20H30N4O6S/c25-15(7-2-1-6-14-18-12(11-31-14)22-20(30)23-18)21-10-4-3-5-13(19(28)29)24-16(26)8-9-17(24)27/h12-14,18H,1-11H2,(H,21,25)(H,28,29)(H2,22,23,30)/t12-,13?,14?,18-/m0/s1. The summed E-state index contributed by atoms with van der Waals surface area (Å²) < 4.78 is 0. The molecule has 0 aromatic heterocycles. The monoisotopic (exact) mass is 454 g/mol. The molecule has 3 aliphatic heterocycles. The highest BCUT2D eigenvalue weighted by Gasteiger charge is 2.42. The van der Waals surface area contributed by atoms with Crippen molar-refractivity contribution >= 4 is 41.5 Å². The molecule has 0 aromatic rings. The van der Waals surface area contributed by atoms with Gasteiger partial charge in [0.25, 0.3) is 0 Å². The summed E-state index contributed by atoms with van der Waals surface area (Å²) in [6, 6.07) is -0.806. The minimum Gasteiger partial charge on any atom is -0.480 e. The van der Waals surface area contributed by atoms with E-state index >= 15 is 0 Å². The average molecular weight is 455 g/mol. The molecule has 172 valence electrons. The summed E-state index contributed by atoms with van der Waals surface area (Å²) in [7, 11) is 0. The van der Waals surface area contributed by atoms with E-state index in [-0.39, 0.29) is 43.3 Å². The number of aliphatic carboxylic acids is 1. The van der Waals surface area contributed by atoms with Crippen molar-refractivity contribution in [3.8, 4) is 0 Å². The van der Waals surface area contributed by atoms with Crippen molar-refractivity contribution in [1.29, 1.82) is 0 Å². The highest BCUT2D eigenvalue weighted by molar-refractivity contribution is 8.00. The zero-order valence-electron chi connectivity index (χ0n) is 17.4. The Hall–Kier alpha value is -2.30. The fourth-order valence-electron chi connectivity index (χ4n) is 4.36. The number of hydrogen-bond donors (Lipinski definition) is 4. The number of carboxylic acids is 1. The van der Waals surface area contributed by atoms with Gasteiger partial charge >= 0.3 is 12.0 Å². The van der Waals surface area contributed by atoms with Gasteiger partial charge in [-0.15, -0.1) is 0 Å². The summed E-state index contributed by atoms with van der Waals surface area (Å²) in [6.07, 6.45) is 4.52. The molecule has 11 heteroatoms. The van der Waals surface area contributed by atoms with Crippen molar-refractivity contribution in [3.05, 3.63) is 0 Å². The third kappa shape index (κ3) is 6.11. The number of carbonyl (C=O) groups excluding carboxylic acids is 4. The van der Waals surface area contributed by atoms with Gasteiger partial charge < -0.3 is 21.1 Å². The highest BCUT2D eigenvalue weighted by Crippen LogP contribution is 2.33. The lowest BCUT2D eigenvalue weighted by Gasteiger charge is -2.22. The largest absolute Gasteiger partial charge is 0.480 e. The van der Waals surface area contributed by atoms with E-state index in [2.05, 4.69) is 16.0 Å². The molecule has 4 N–H and O–H groups in total. The van der Waals surface area contributed by atoms with Gasteiger partial charge in [0.2, 0.25) is 17.7 Å². The fourth-order valence-corrected chi connectivity index (χ4v) is 5.90. The second kappa shape index (κ2) is 10.8. The van der Waals surface area contributed by atoms with Crippen LogP contribution in [0, 0.1) is 0 Å². The van der Waals surface area contributed by atoms with Crippen LogP contribution in [-0.4, -0.2) is 75.4 Å². The van der Waals surface area contributed by atoms with Crippen molar-refractivity contribution in [2.45, 2.75) is 81.2 Å². The van der Waals surface area contributed by atoms with E-state index in [1.165, 1.54) is 0 Å². The third-order valence-corrected chi connectivity index (χ3v) is 7.50. The Balaban J connectivity index is 1.24. The number of hydrogen-bond acceptors (Lipinski definition) is 6. The van der Waals surface area contributed by atoms with Gasteiger partial charge in [0, 0.05) is 36.8 Å². The Kier molecular flexibility index (Phi) is 8.16. The third-order valence-electron chi connectivity index (χ3n) is 5.99. The number of urea groups is 1. The van der Waals surface area contributed by atoms with Crippen LogP contribution in [0.15, 0.2) is 0 Å². The zero-order chi connectivity index (χ0) is 22.4. The zero-order valence-corrected chi connectivity index (χ0v) is 18.2. The molecule has 10 nitrogen and oxygen atoms in total. The van der Waals surface area contributed by atoms with Gasteiger partial charge in [0.15, 0.2) is 0 Å². The lowest BCUT2D eigenvalue weighted by molar-refractivity contribution is -0.154. The average Bonchev–Trinajstić information content (AvgIpc) is 3.37. The van der Waals surface area contributed by atoms with Gasteiger partial charge in [-0.1, -0.05) is 6.42 Å². The van der Waals surface area contributed by atoms with E-state index in [0.717, 1.165) is 29.9 Å². The Morgan fingerprint density at radius 1 is 1.10 bits per heavy atom. The molecule has 0 saturated carbocycles. The van der Waals surface area contributed by atoms with Gasteiger partial charge in [0.05, 0.1) is 12.1 Å². The summed E-state index contributed by atoms with van der Waals surface area (Å²) in [6.45, 7) is 0.437. The number of fused-ring (bicyclic) bond motifs is 1. The Morgan fingerprint density at radius 2 is 1.84 bits per heavy atom.